The monoisotopic (exact) mass is 344 g/mol. The third kappa shape index (κ3) is 2.61. The molecule has 1 aromatic heterocycles. The molecule has 1 aromatic carbocycles. The summed E-state index contributed by atoms with van der Waals surface area (Å²) >= 11 is 6.04. The van der Waals surface area contributed by atoms with Gasteiger partial charge in [-0.1, -0.05) is 17.7 Å². The molecular weight excluding hydrogens is 328 g/mol. The molecule has 6 heteroatoms. The van der Waals surface area contributed by atoms with Crippen LogP contribution in [0.1, 0.15) is 11.7 Å². The number of carbonyl (C=O) groups excluding carboxylic acids is 1. The van der Waals surface area contributed by atoms with Gasteiger partial charge in [0.05, 0.1) is 7.11 Å². The third-order valence-electron chi connectivity index (χ3n) is 4.35. The zero-order valence-electron chi connectivity index (χ0n) is 13.2. The number of hydrogen-bond acceptors (Lipinski definition) is 4. The molecule has 0 amide bonds. The highest BCUT2D eigenvalue weighted by molar-refractivity contribution is 6.31. The molecule has 1 aliphatic rings. The maximum Gasteiger partial charge on any atom is 0.329 e. The minimum atomic E-state index is -0.680. The number of carbonyl (C=O) groups is 1. The Balaban J connectivity index is 2.16. The molecular formula is C18H17ClN2O3. The van der Waals surface area contributed by atoms with Crippen molar-refractivity contribution in [1.29, 1.82) is 0 Å². The third-order valence-corrected chi connectivity index (χ3v) is 4.58. The number of halogens is 1. The molecule has 1 aliphatic heterocycles. The maximum absolute atomic E-state index is 12.6. The predicted octanol–water partition coefficient (Wildman–Crippen LogP) is 2.82. The van der Waals surface area contributed by atoms with Crippen molar-refractivity contribution >= 4 is 23.3 Å². The fourth-order valence-electron chi connectivity index (χ4n) is 3.20. The van der Waals surface area contributed by atoms with Crippen molar-refractivity contribution in [1.82, 2.24) is 4.57 Å². The van der Waals surface area contributed by atoms with Gasteiger partial charge in [-0.3, -0.25) is 9.36 Å². The number of methoxy groups -OCH3 is 1. The summed E-state index contributed by atoms with van der Waals surface area (Å²) in [5, 5.41) is 0.538. The second kappa shape index (κ2) is 6.17. The van der Waals surface area contributed by atoms with Crippen LogP contribution >= 0.6 is 11.6 Å². The van der Waals surface area contributed by atoms with Gasteiger partial charge in [-0.05, 0) is 36.2 Å². The summed E-state index contributed by atoms with van der Waals surface area (Å²) in [7, 11) is 1.31. The summed E-state index contributed by atoms with van der Waals surface area (Å²) in [6, 6.07) is 7.77. The summed E-state index contributed by atoms with van der Waals surface area (Å²) in [5.41, 5.74) is 8.39. The first-order valence-corrected chi connectivity index (χ1v) is 7.85. The summed E-state index contributed by atoms with van der Waals surface area (Å²) in [4.78, 5) is 24.7. The number of pyridine rings is 1. The number of anilines is 1. The number of rotatable bonds is 3. The first kappa shape index (κ1) is 16.3. The standard InChI is InChI=1S/C18H17ClN2O3/c1-3-10-6-13-7-11(14-9-12(19)4-5-15(14)20)8-16(22)21(13)17(10)18(23)24-2/h3-5,7-10,17H,1,6,20H2,2H3/t10-,17-/m0/s1. The number of nitrogens with zero attached hydrogens (tertiary/aromatic N) is 1. The number of nitrogen functional groups attached to an aromatic ring is 1. The van der Waals surface area contributed by atoms with Gasteiger partial charge in [-0.25, -0.2) is 4.79 Å². The van der Waals surface area contributed by atoms with E-state index >= 15 is 0 Å². The number of ether oxygens (including phenoxy) is 1. The van der Waals surface area contributed by atoms with Gasteiger partial charge in [0, 0.05) is 34.0 Å². The Morgan fingerprint density at radius 2 is 2.17 bits per heavy atom. The number of esters is 1. The Bertz CT molecular complexity index is 888. The van der Waals surface area contributed by atoms with E-state index < -0.39 is 12.0 Å². The number of aromatic nitrogens is 1. The molecule has 0 bridgehead atoms. The van der Waals surface area contributed by atoms with E-state index in [1.165, 1.54) is 17.7 Å². The first-order chi connectivity index (χ1) is 11.5. The Hall–Kier alpha value is -2.53. The Morgan fingerprint density at radius 1 is 1.42 bits per heavy atom. The largest absolute Gasteiger partial charge is 0.467 e. The summed E-state index contributed by atoms with van der Waals surface area (Å²) in [6.07, 6.45) is 2.22. The highest BCUT2D eigenvalue weighted by atomic mass is 35.5. The lowest BCUT2D eigenvalue weighted by molar-refractivity contribution is -0.145. The lowest BCUT2D eigenvalue weighted by Crippen LogP contribution is -2.30. The molecule has 0 radical (unpaired) electrons. The minimum absolute atomic E-state index is 0.183. The molecule has 2 aromatic rings. The van der Waals surface area contributed by atoms with Crippen LogP contribution < -0.4 is 11.3 Å². The molecule has 3 rings (SSSR count). The van der Waals surface area contributed by atoms with Gasteiger partial charge < -0.3 is 10.5 Å². The molecule has 0 aliphatic carbocycles. The molecule has 0 unspecified atom stereocenters. The minimum Gasteiger partial charge on any atom is -0.467 e. The normalized spacial score (nSPS) is 18.9. The van der Waals surface area contributed by atoms with Crippen LogP contribution in [0.25, 0.3) is 11.1 Å². The number of benzene rings is 1. The van der Waals surface area contributed by atoms with Gasteiger partial charge in [0.2, 0.25) is 0 Å². The quantitative estimate of drug-likeness (QED) is 0.528. The average Bonchev–Trinajstić information content (AvgIpc) is 2.95. The zero-order chi connectivity index (χ0) is 17.4. The van der Waals surface area contributed by atoms with E-state index in [2.05, 4.69) is 6.58 Å². The van der Waals surface area contributed by atoms with E-state index in [1.807, 2.05) is 6.07 Å². The lowest BCUT2D eigenvalue weighted by Gasteiger charge is -2.16. The van der Waals surface area contributed by atoms with Crippen LogP contribution in [0.5, 0.6) is 0 Å². The number of hydrogen-bond donors (Lipinski definition) is 1. The molecule has 24 heavy (non-hydrogen) atoms. The molecule has 124 valence electrons. The summed E-state index contributed by atoms with van der Waals surface area (Å²) in [5.74, 6) is -0.632. The van der Waals surface area contributed by atoms with Gasteiger partial charge in [-0.2, -0.15) is 0 Å². The zero-order valence-corrected chi connectivity index (χ0v) is 13.9. The van der Waals surface area contributed by atoms with E-state index in [0.29, 0.717) is 28.3 Å². The molecule has 0 spiro atoms. The van der Waals surface area contributed by atoms with Crippen LogP contribution in [0.2, 0.25) is 5.02 Å². The summed E-state index contributed by atoms with van der Waals surface area (Å²) < 4.78 is 6.32. The Kier molecular flexibility index (Phi) is 4.20. The number of allylic oxidation sites excluding steroid dienone is 1. The van der Waals surface area contributed by atoms with E-state index in [-0.39, 0.29) is 11.5 Å². The maximum atomic E-state index is 12.6. The summed E-state index contributed by atoms with van der Waals surface area (Å²) in [6.45, 7) is 3.77. The second-order valence-electron chi connectivity index (χ2n) is 5.75. The second-order valence-corrected chi connectivity index (χ2v) is 6.18. The van der Waals surface area contributed by atoms with Crippen molar-refractivity contribution in [3.8, 4) is 11.1 Å². The van der Waals surface area contributed by atoms with Gasteiger partial charge in [0.25, 0.3) is 5.56 Å². The van der Waals surface area contributed by atoms with E-state index in [1.54, 1.807) is 24.3 Å². The lowest BCUT2D eigenvalue weighted by atomic mass is 9.99. The number of fused-ring (bicyclic) bond motifs is 1. The van der Waals surface area contributed by atoms with Gasteiger partial charge >= 0.3 is 5.97 Å². The predicted molar refractivity (Wildman–Crippen MR) is 94.0 cm³/mol. The van der Waals surface area contributed by atoms with Crippen molar-refractivity contribution in [2.45, 2.75) is 12.5 Å². The topological polar surface area (TPSA) is 74.3 Å². The molecule has 0 fully saturated rings. The van der Waals surface area contributed by atoms with Crippen molar-refractivity contribution < 1.29 is 9.53 Å². The highest BCUT2D eigenvalue weighted by Gasteiger charge is 2.37. The Morgan fingerprint density at radius 3 is 2.83 bits per heavy atom. The molecule has 0 saturated heterocycles. The molecule has 5 nitrogen and oxygen atoms in total. The highest BCUT2D eigenvalue weighted by Crippen LogP contribution is 2.35. The van der Waals surface area contributed by atoms with Crippen LogP contribution in [-0.4, -0.2) is 17.6 Å². The van der Waals surface area contributed by atoms with Crippen molar-refractivity contribution in [2.75, 3.05) is 12.8 Å². The van der Waals surface area contributed by atoms with E-state index in [9.17, 15) is 9.59 Å². The van der Waals surface area contributed by atoms with Gasteiger partial charge in [-0.15, -0.1) is 6.58 Å². The van der Waals surface area contributed by atoms with Crippen LogP contribution in [0.3, 0.4) is 0 Å². The van der Waals surface area contributed by atoms with Gasteiger partial charge in [0.1, 0.15) is 6.04 Å². The molecule has 2 N–H and O–H groups in total. The van der Waals surface area contributed by atoms with Crippen LogP contribution in [-0.2, 0) is 16.0 Å². The van der Waals surface area contributed by atoms with Crippen molar-refractivity contribution in [3.63, 3.8) is 0 Å². The fourth-order valence-corrected chi connectivity index (χ4v) is 3.37. The Labute approximate surface area is 144 Å². The molecule has 2 heterocycles. The van der Waals surface area contributed by atoms with Crippen LogP contribution in [0, 0.1) is 5.92 Å². The SMILES string of the molecule is C=C[C@H]1Cc2cc(-c3cc(Cl)ccc3N)cc(=O)n2[C@@H]1C(=O)OC. The number of nitrogens with two attached hydrogens (primary N) is 1. The van der Waals surface area contributed by atoms with Crippen LogP contribution in [0.4, 0.5) is 5.69 Å². The van der Waals surface area contributed by atoms with Gasteiger partial charge in [0.15, 0.2) is 0 Å². The van der Waals surface area contributed by atoms with Crippen molar-refractivity contribution in [3.05, 3.63) is 64.1 Å². The van der Waals surface area contributed by atoms with E-state index in [0.717, 1.165) is 5.69 Å². The van der Waals surface area contributed by atoms with Crippen molar-refractivity contribution in [2.24, 2.45) is 5.92 Å². The first-order valence-electron chi connectivity index (χ1n) is 7.47. The fraction of sp³-hybridized carbons (Fsp3) is 0.222. The van der Waals surface area contributed by atoms with Crippen LogP contribution in [0.15, 0.2) is 47.8 Å². The molecule has 2 atom stereocenters. The molecule has 0 saturated carbocycles. The average molecular weight is 345 g/mol. The van der Waals surface area contributed by atoms with E-state index in [4.69, 9.17) is 22.1 Å². The smallest absolute Gasteiger partial charge is 0.329 e.